The molecule has 0 radical (unpaired) electrons. The number of aromatic nitrogens is 2. The van der Waals surface area contributed by atoms with Crippen molar-refractivity contribution in [2.45, 2.75) is 31.8 Å². The lowest BCUT2D eigenvalue weighted by Gasteiger charge is -2.45. The molecular weight excluding hydrogens is 248 g/mol. The van der Waals surface area contributed by atoms with Gasteiger partial charge in [0, 0.05) is 44.1 Å². The van der Waals surface area contributed by atoms with Crippen LogP contribution in [0.5, 0.6) is 0 Å². The van der Waals surface area contributed by atoms with Gasteiger partial charge in [0.05, 0.1) is 5.69 Å². The molecule has 4 heteroatoms. The highest BCUT2D eigenvalue weighted by atomic mass is 15.3. The predicted octanol–water partition coefficient (Wildman–Crippen LogP) is 1.91. The Balaban J connectivity index is 1.60. The minimum Gasteiger partial charge on any atom is -0.314 e. The first-order valence-corrected chi connectivity index (χ1v) is 7.64. The van der Waals surface area contributed by atoms with E-state index in [1.807, 2.05) is 6.07 Å². The van der Waals surface area contributed by atoms with E-state index in [-0.39, 0.29) is 0 Å². The number of nitrogens with zero attached hydrogens (tertiary/aromatic N) is 3. The van der Waals surface area contributed by atoms with Crippen LogP contribution >= 0.6 is 0 Å². The third-order valence-corrected chi connectivity index (χ3v) is 4.99. The molecule has 1 aliphatic carbocycles. The summed E-state index contributed by atoms with van der Waals surface area (Å²) in [6.45, 7) is 6.73. The van der Waals surface area contributed by atoms with Crippen LogP contribution in [0.25, 0.3) is 5.65 Å². The summed E-state index contributed by atoms with van der Waals surface area (Å²) in [5.41, 5.74) is 2.55. The van der Waals surface area contributed by atoms with E-state index >= 15 is 0 Å². The molecule has 4 rings (SSSR count). The van der Waals surface area contributed by atoms with Gasteiger partial charge in [-0.1, -0.05) is 6.07 Å². The molecule has 3 heterocycles. The Kier molecular flexibility index (Phi) is 2.82. The first-order valence-electron chi connectivity index (χ1n) is 7.64. The zero-order valence-corrected chi connectivity index (χ0v) is 12.0. The lowest BCUT2D eigenvalue weighted by molar-refractivity contribution is 0.0474. The Morgan fingerprint density at radius 2 is 2.30 bits per heavy atom. The van der Waals surface area contributed by atoms with Crippen molar-refractivity contribution in [2.24, 2.45) is 5.92 Å². The molecule has 0 aromatic carbocycles. The molecule has 2 aromatic rings. The van der Waals surface area contributed by atoms with Crippen LogP contribution in [-0.2, 0) is 6.54 Å². The monoisotopic (exact) mass is 270 g/mol. The molecule has 2 fully saturated rings. The summed E-state index contributed by atoms with van der Waals surface area (Å²) >= 11 is 0. The summed E-state index contributed by atoms with van der Waals surface area (Å²) < 4.78 is 2.12. The molecule has 20 heavy (non-hydrogen) atoms. The molecule has 106 valence electrons. The van der Waals surface area contributed by atoms with Crippen molar-refractivity contribution < 1.29 is 0 Å². The van der Waals surface area contributed by atoms with Gasteiger partial charge in [0.1, 0.15) is 5.65 Å². The first-order chi connectivity index (χ1) is 9.75. The number of imidazole rings is 1. The van der Waals surface area contributed by atoms with Gasteiger partial charge in [-0.15, -0.1) is 0 Å². The fourth-order valence-electron chi connectivity index (χ4n) is 3.55. The molecule has 0 bridgehead atoms. The van der Waals surface area contributed by atoms with E-state index < -0.39 is 0 Å². The van der Waals surface area contributed by atoms with Crippen molar-refractivity contribution in [3.63, 3.8) is 0 Å². The standard InChI is InChI=1S/C16H22N4/c1-16(13-5-6-13)12-17-7-9-20(16)11-14-10-19-8-3-2-4-15(19)18-14/h2-4,8,10,13,17H,5-7,9,11-12H2,1H3. The van der Waals surface area contributed by atoms with Gasteiger partial charge in [0.2, 0.25) is 0 Å². The topological polar surface area (TPSA) is 32.6 Å². The highest BCUT2D eigenvalue weighted by molar-refractivity contribution is 5.39. The average Bonchev–Trinajstić information content (AvgIpc) is 3.23. The molecule has 1 unspecified atom stereocenters. The average molecular weight is 270 g/mol. The van der Waals surface area contributed by atoms with E-state index in [4.69, 9.17) is 4.98 Å². The summed E-state index contributed by atoms with van der Waals surface area (Å²) in [5, 5.41) is 3.57. The third-order valence-electron chi connectivity index (χ3n) is 4.99. The van der Waals surface area contributed by atoms with Gasteiger partial charge >= 0.3 is 0 Å². The number of nitrogens with one attached hydrogen (secondary N) is 1. The number of hydrogen-bond donors (Lipinski definition) is 1. The van der Waals surface area contributed by atoms with Crippen LogP contribution in [0.15, 0.2) is 30.6 Å². The second-order valence-electron chi connectivity index (χ2n) is 6.43. The van der Waals surface area contributed by atoms with Crippen LogP contribution in [0.2, 0.25) is 0 Å². The Bertz CT molecular complexity index is 583. The van der Waals surface area contributed by atoms with Gasteiger partial charge in [-0.05, 0) is 37.8 Å². The molecule has 4 nitrogen and oxygen atoms in total. The molecule has 1 saturated heterocycles. The quantitative estimate of drug-likeness (QED) is 0.924. The van der Waals surface area contributed by atoms with Crippen LogP contribution in [-0.4, -0.2) is 39.5 Å². The highest BCUT2D eigenvalue weighted by Crippen LogP contribution is 2.43. The van der Waals surface area contributed by atoms with Gasteiger partial charge in [0.25, 0.3) is 0 Å². The fraction of sp³-hybridized carbons (Fsp3) is 0.562. The Morgan fingerprint density at radius 1 is 1.40 bits per heavy atom. The molecule has 1 N–H and O–H groups in total. The molecule has 1 saturated carbocycles. The smallest absolute Gasteiger partial charge is 0.137 e. The lowest BCUT2D eigenvalue weighted by Crippen LogP contribution is -2.60. The van der Waals surface area contributed by atoms with Gasteiger partial charge in [-0.3, -0.25) is 4.90 Å². The van der Waals surface area contributed by atoms with Crippen LogP contribution in [0, 0.1) is 5.92 Å². The van der Waals surface area contributed by atoms with E-state index in [9.17, 15) is 0 Å². The van der Waals surface area contributed by atoms with E-state index in [1.54, 1.807) is 0 Å². The summed E-state index contributed by atoms with van der Waals surface area (Å²) in [7, 11) is 0. The predicted molar refractivity (Wildman–Crippen MR) is 79.6 cm³/mol. The highest BCUT2D eigenvalue weighted by Gasteiger charge is 2.46. The number of piperazine rings is 1. The minimum atomic E-state index is 0.314. The van der Waals surface area contributed by atoms with E-state index in [1.165, 1.54) is 18.5 Å². The summed E-state index contributed by atoms with van der Waals surface area (Å²) in [4.78, 5) is 7.39. The molecule has 2 aliphatic rings. The van der Waals surface area contributed by atoms with E-state index in [0.717, 1.165) is 37.7 Å². The minimum absolute atomic E-state index is 0.314. The fourth-order valence-corrected chi connectivity index (χ4v) is 3.55. The number of pyridine rings is 1. The van der Waals surface area contributed by atoms with E-state index in [0.29, 0.717) is 5.54 Å². The lowest BCUT2D eigenvalue weighted by atomic mass is 9.91. The Labute approximate surface area is 119 Å². The third kappa shape index (κ3) is 2.03. The van der Waals surface area contributed by atoms with Crippen LogP contribution in [0.1, 0.15) is 25.5 Å². The number of hydrogen-bond acceptors (Lipinski definition) is 3. The molecule has 2 aromatic heterocycles. The molecule has 0 spiro atoms. The largest absolute Gasteiger partial charge is 0.314 e. The Morgan fingerprint density at radius 3 is 3.10 bits per heavy atom. The second kappa shape index (κ2) is 4.57. The van der Waals surface area contributed by atoms with Gasteiger partial charge in [-0.25, -0.2) is 4.98 Å². The van der Waals surface area contributed by atoms with E-state index in [2.05, 4.69) is 46.1 Å². The Hall–Kier alpha value is -1.39. The molecule has 0 amide bonds. The van der Waals surface area contributed by atoms with Crippen LogP contribution < -0.4 is 5.32 Å². The zero-order valence-electron chi connectivity index (χ0n) is 12.0. The summed E-state index contributed by atoms with van der Waals surface area (Å²) in [6.07, 6.45) is 7.02. The van der Waals surface area contributed by atoms with Gasteiger partial charge in [-0.2, -0.15) is 0 Å². The van der Waals surface area contributed by atoms with Gasteiger partial charge < -0.3 is 9.72 Å². The van der Waals surface area contributed by atoms with Crippen molar-refractivity contribution >= 4 is 5.65 Å². The SMILES string of the molecule is CC1(C2CC2)CNCCN1Cc1cn2ccccc2n1. The van der Waals surface area contributed by atoms with Gasteiger partial charge in [0.15, 0.2) is 0 Å². The molecule has 1 aliphatic heterocycles. The van der Waals surface area contributed by atoms with Crippen molar-refractivity contribution in [3.05, 3.63) is 36.3 Å². The van der Waals surface area contributed by atoms with Crippen LogP contribution in [0.4, 0.5) is 0 Å². The maximum atomic E-state index is 4.75. The molecule has 1 atom stereocenters. The maximum Gasteiger partial charge on any atom is 0.137 e. The number of fused-ring (bicyclic) bond motifs is 1. The van der Waals surface area contributed by atoms with Crippen molar-refractivity contribution in [1.82, 2.24) is 19.6 Å². The second-order valence-corrected chi connectivity index (χ2v) is 6.43. The normalized spacial score (nSPS) is 28.1. The van der Waals surface area contributed by atoms with Crippen LogP contribution in [0.3, 0.4) is 0 Å². The molecular formula is C16H22N4. The van der Waals surface area contributed by atoms with Crippen molar-refractivity contribution in [1.29, 1.82) is 0 Å². The van der Waals surface area contributed by atoms with Crippen molar-refractivity contribution in [3.8, 4) is 0 Å². The zero-order chi connectivity index (χ0) is 13.6. The first kappa shape index (κ1) is 12.4. The summed E-state index contributed by atoms with van der Waals surface area (Å²) in [5.74, 6) is 0.868. The maximum absolute atomic E-state index is 4.75. The summed E-state index contributed by atoms with van der Waals surface area (Å²) in [6, 6.07) is 6.17. The number of rotatable bonds is 3. The van der Waals surface area contributed by atoms with Crippen molar-refractivity contribution in [2.75, 3.05) is 19.6 Å².